The fourth-order valence-corrected chi connectivity index (χ4v) is 5.02. The van der Waals surface area contributed by atoms with Crippen molar-refractivity contribution in [2.24, 2.45) is 5.92 Å². The zero-order valence-corrected chi connectivity index (χ0v) is 24.6. The topological polar surface area (TPSA) is 21.1 Å². The van der Waals surface area contributed by atoms with Crippen molar-refractivity contribution in [2.75, 3.05) is 19.6 Å². The van der Waals surface area contributed by atoms with Gasteiger partial charge < -0.3 is 0 Å². The Kier molecular flexibility index (Phi) is 15.0. The highest BCUT2D eigenvalue weighted by atomic mass is 19.1. The van der Waals surface area contributed by atoms with E-state index in [1.807, 2.05) is 35.0 Å². The molecule has 3 nitrogen and oxygen atoms in total. The second kappa shape index (κ2) is 18.0. The van der Waals surface area contributed by atoms with Gasteiger partial charge in [0, 0.05) is 12.2 Å². The molecular weight excluding hydrogens is 469 g/mol. The van der Waals surface area contributed by atoms with Gasteiger partial charge in [-0.25, -0.2) is 9.07 Å². The average Bonchev–Trinajstić information content (AvgIpc) is 3.34. The highest BCUT2D eigenvalue weighted by molar-refractivity contribution is 5.47. The number of nitrogens with zero attached hydrogens (tertiary/aromatic N) is 3. The van der Waals surface area contributed by atoms with Crippen molar-refractivity contribution in [3.8, 4) is 5.69 Å². The van der Waals surface area contributed by atoms with Crippen molar-refractivity contribution in [3.05, 3.63) is 71.7 Å². The molecule has 0 fully saturated rings. The van der Waals surface area contributed by atoms with Crippen LogP contribution in [0.1, 0.15) is 121 Å². The SMILES string of the molecule is [CH]=C=CCN(CCC)CCCCC(CC/C=C/c1cc(C(C)C)n(-c2ccc(C(C)F)cc2)n1)CCCC. The summed E-state index contributed by atoms with van der Waals surface area (Å²) in [4.78, 5) is 2.48. The summed E-state index contributed by atoms with van der Waals surface area (Å²) in [7, 11) is 0. The molecule has 1 heterocycles. The number of unbranched alkanes of at least 4 members (excludes halogenated alkanes) is 2. The maximum atomic E-state index is 13.6. The van der Waals surface area contributed by atoms with Gasteiger partial charge in [0.15, 0.2) is 0 Å². The van der Waals surface area contributed by atoms with E-state index in [9.17, 15) is 4.39 Å². The van der Waals surface area contributed by atoms with Crippen molar-refractivity contribution in [3.63, 3.8) is 0 Å². The molecule has 0 saturated heterocycles. The average molecular weight is 521 g/mol. The second-order valence-electron chi connectivity index (χ2n) is 10.9. The van der Waals surface area contributed by atoms with E-state index in [1.54, 1.807) is 6.92 Å². The lowest BCUT2D eigenvalue weighted by molar-refractivity contribution is 0.287. The molecule has 0 bridgehead atoms. The summed E-state index contributed by atoms with van der Waals surface area (Å²) in [6.45, 7) is 19.1. The summed E-state index contributed by atoms with van der Waals surface area (Å²) in [6, 6.07) is 9.82. The van der Waals surface area contributed by atoms with Crippen LogP contribution in [0.15, 0.2) is 48.2 Å². The van der Waals surface area contributed by atoms with Crippen molar-refractivity contribution >= 4 is 6.08 Å². The molecule has 2 atom stereocenters. The predicted octanol–water partition coefficient (Wildman–Crippen LogP) is 9.65. The predicted molar refractivity (Wildman–Crippen MR) is 161 cm³/mol. The van der Waals surface area contributed by atoms with E-state index in [0.717, 1.165) is 43.4 Å². The van der Waals surface area contributed by atoms with E-state index in [-0.39, 0.29) is 0 Å². The number of alkyl halides is 1. The van der Waals surface area contributed by atoms with Gasteiger partial charge in [0.1, 0.15) is 6.17 Å². The summed E-state index contributed by atoms with van der Waals surface area (Å²) >= 11 is 0. The zero-order chi connectivity index (χ0) is 27.8. The first-order valence-electron chi connectivity index (χ1n) is 14.9. The number of hydrogen-bond acceptors (Lipinski definition) is 2. The standard InChI is InChI=1S/C34H51FN3/c1-7-10-16-30(18-14-15-26-37(24-9-3)25-11-8-2)17-12-13-19-32-27-34(28(4)5)38(36-32)33-22-20-31(21-23-33)29(6)35/h2,11,13,19-23,27-30H,7,9-10,12,14-18,24-26H2,1,3-6H3/b19-13+. The Bertz CT molecular complexity index is 980. The van der Waals surface area contributed by atoms with Crippen LogP contribution in [0.5, 0.6) is 0 Å². The van der Waals surface area contributed by atoms with E-state index in [1.165, 1.54) is 57.1 Å². The lowest BCUT2D eigenvalue weighted by Crippen LogP contribution is -2.25. The third-order valence-electron chi connectivity index (χ3n) is 7.28. The van der Waals surface area contributed by atoms with Crippen molar-refractivity contribution in [2.45, 2.75) is 104 Å². The van der Waals surface area contributed by atoms with Gasteiger partial charge >= 0.3 is 0 Å². The van der Waals surface area contributed by atoms with Crippen LogP contribution in [0, 0.1) is 12.5 Å². The van der Waals surface area contributed by atoms with Gasteiger partial charge in [0.25, 0.3) is 0 Å². The molecule has 0 aliphatic heterocycles. The first-order chi connectivity index (χ1) is 18.4. The number of halogens is 1. The molecule has 0 aliphatic carbocycles. The molecule has 0 saturated carbocycles. The maximum absolute atomic E-state index is 13.6. The molecule has 2 rings (SSSR count). The van der Waals surface area contributed by atoms with Crippen LogP contribution in [0.3, 0.4) is 0 Å². The lowest BCUT2D eigenvalue weighted by atomic mass is 9.91. The molecule has 209 valence electrons. The molecule has 1 aromatic carbocycles. The van der Waals surface area contributed by atoms with Gasteiger partial charge in [-0.15, -0.1) is 5.73 Å². The number of hydrogen-bond donors (Lipinski definition) is 0. The molecular formula is C34H51FN3. The van der Waals surface area contributed by atoms with Crippen LogP contribution >= 0.6 is 0 Å². The van der Waals surface area contributed by atoms with Crippen LogP contribution in [-0.4, -0.2) is 34.3 Å². The summed E-state index contributed by atoms with van der Waals surface area (Å²) < 4.78 is 15.6. The number of aromatic nitrogens is 2. The van der Waals surface area contributed by atoms with Gasteiger partial charge in [0.05, 0.1) is 11.4 Å². The molecule has 2 unspecified atom stereocenters. The van der Waals surface area contributed by atoms with Gasteiger partial charge in [-0.2, -0.15) is 5.10 Å². The lowest BCUT2D eigenvalue weighted by Gasteiger charge is -2.20. The van der Waals surface area contributed by atoms with Crippen molar-refractivity contribution in [1.82, 2.24) is 14.7 Å². The molecule has 0 amide bonds. The fourth-order valence-electron chi connectivity index (χ4n) is 5.02. The zero-order valence-electron chi connectivity index (χ0n) is 24.6. The minimum Gasteiger partial charge on any atom is -0.299 e. The number of benzene rings is 1. The minimum atomic E-state index is -0.959. The van der Waals surface area contributed by atoms with E-state index in [2.05, 4.69) is 56.5 Å². The van der Waals surface area contributed by atoms with Crippen LogP contribution in [0.4, 0.5) is 4.39 Å². The van der Waals surface area contributed by atoms with E-state index >= 15 is 0 Å². The van der Waals surface area contributed by atoms with Crippen LogP contribution in [-0.2, 0) is 0 Å². The Balaban J connectivity index is 1.93. The van der Waals surface area contributed by atoms with Gasteiger partial charge in [-0.1, -0.05) is 78.0 Å². The molecule has 1 radical (unpaired) electrons. The van der Waals surface area contributed by atoms with Crippen LogP contribution in [0.2, 0.25) is 0 Å². The van der Waals surface area contributed by atoms with Crippen LogP contribution in [0.25, 0.3) is 11.8 Å². The Morgan fingerprint density at radius 2 is 1.74 bits per heavy atom. The Morgan fingerprint density at radius 3 is 2.37 bits per heavy atom. The molecule has 4 heteroatoms. The van der Waals surface area contributed by atoms with E-state index < -0.39 is 6.17 Å². The number of rotatable bonds is 19. The second-order valence-corrected chi connectivity index (χ2v) is 10.9. The van der Waals surface area contributed by atoms with Crippen LogP contribution < -0.4 is 0 Å². The highest BCUT2D eigenvalue weighted by Crippen LogP contribution is 2.25. The molecule has 0 N–H and O–H groups in total. The first kappa shape index (κ1) is 31.8. The van der Waals surface area contributed by atoms with Gasteiger partial charge in [-0.3, -0.25) is 4.90 Å². The van der Waals surface area contributed by atoms with E-state index in [0.29, 0.717) is 11.5 Å². The van der Waals surface area contributed by atoms with Gasteiger partial charge in [-0.05, 0) is 100 Å². The summed E-state index contributed by atoms with van der Waals surface area (Å²) in [6.07, 6.45) is 16.7. The monoisotopic (exact) mass is 520 g/mol. The van der Waals surface area contributed by atoms with Gasteiger partial charge in [0.2, 0.25) is 0 Å². The number of allylic oxidation sites excluding steroid dienone is 1. The summed E-state index contributed by atoms with van der Waals surface area (Å²) in [5, 5.41) is 4.87. The van der Waals surface area contributed by atoms with E-state index in [4.69, 9.17) is 11.7 Å². The normalized spacial score (nSPS) is 13.4. The summed E-state index contributed by atoms with van der Waals surface area (Å²) in [5.41, 5.74) is 6.50. The molecule has 0 spiro atoms. The van der Waals surface area contributed by atoms with Crippen molar-refractivity contribution < 1.29 is 4.39 Å². The highest BCUT2D eigenvalue weighted by Gasteiger charge is 2.13. The molecule has 0 aliphatic rings. The molecule has 38 heavy (non-hydrogen) atoms. The molecule has 1 aromatic heterocycles. The third-order valence-corrected chi connectivity index (χ3v) is 7.28. The fraction of sp³-hybridized carbons (Fsp3) is 0.588. The molecule has 2 aromatic rings. The smallest absolute Gasteiger partial charge is 0.122 e. The van der Waals surface area contributed by atoms with Crippen molar-refractivity contribution in [1.29, 1.82) is 0 Å². The Morgan fingerprint density at radius 1 is 1.00 bits per heavy atom. The largest absolute Gasteiger partial charge is 0.299 e. The first-order valence-corrected chi connectivity index (χ1v) is 14.9. The maximum Gasteiger partial charge on any atom is 0.122 e. The third kappa shape index (κ3) is 11.1. The summed E-state index contributed by atoms with van der Waals surface area (Å²) in [5.74, 6) is 1.14. The Labute approximate surface area is 232 Å². The quantitative estimate of drug-likeness (QED) is 0.136. The Hall–Kier alpha value is -2.42. The minimum absolute atomic E-state index is 0.348.